The summed E-state index contributed by atoms with van der Waals surface area (Å²) in [6.45, 7) is 0. The molecule has 1 N–H and O–H groups in total. The van der Waals surface area contributed by atoms with Gasteiger partial charge in [-0.2, -0.15) is 0 Å². The van der Waals surface area contributed by atoms with Crippen LogP contribution in [0.4, 0.5) is 0 Å². The van der Waals surface area contributed by atoms with E-state index in [1.165, 1.54) is 24.3 Å². The summed E-state index contributed by atoms with van der Waals surface area (Å²) >= 11 is 0. The molecule has 0 aliphatic heterocycles. The summed E-state index contributed by atoms with van der Waals surface area (Å²) in [5, 5.41) is 9.02. The molecule has 2 aromatic carbocycles. The fourth-order valence-electron chi connectivity index (χ4n) is 1.88. The second-order valence-corrected chi connectivity index (χ2v) is 4.27. The van der Waals surface area contributed by atoms with E-state index in [1.54, 1.807) is 24.3 Å². The number of carbonyl (C=O) groups excluding carboxylic acids is 2. The highest BCUT2D eigenvalue weighted by Gasteiger charge is 2.21. The third-order valence-corrected chi connectivity index (χ3v) is 2.86. The van der Waals surface area contributed by atoms with Crippen molar-refractivity contribution < 1.29 is 19.5 Å². The van der Waals surface area contributed by atoms with Gasteiger partial charge in [0, 0.05) is 12.0 Å². The predicted molar refractivity (Wildman–Crippen MR) is 72.9 cm³/mol. The van der Waals surface area contributed by atoms with Crippen molar-refractivity contribution in [3.8, 4) is 0 Å². The van der Waals surface area contributed by atoms with E-state index in [2.05, 4.69) is 0 Å². The molecule has 0 aliphatic carbocycles. The number of carbonyl (C=O) groups is 3. The lowest BCUT2D eigenvalue weighted by molar-refractivity contribution is -0.114. The summed E-state index contributed by atoms with van der Waals surface area (Å²) in [5.41, 5.74) is 0.499. The summed E-state index contributed by atoms with van der Waals surface area (Å²) in [6, 6.07) is 14.6. The van der Waals surface area contributed by atoms with Crippen molar-refractivity contribution in [2.24, 2.45) is 0 Å². The molecule has 4 heteroatoms. The summed E-state index contributed by atoms with van der Waals surface area (Å²) in [7, 11) is 0. The first kappa shape index (κ1) is 13.7. The van der Waals surface area contributed by atoms with Crippen molar-refractivity contribution in [3.05, 3.63) is 71.3 Å². The normalized spacial score (nSPS) is 10.0. The van der Waals surface area contributed by atoms with E-state index < -0.39 is 17.5 Å². The maximum Gasteiger partial charge on any atom is 0.336 e. The zero-order valence-corrected chi connectivity index (χ0v) is 10.6. The maximum absolute atomic E-state index is 12.1. The standard InChI is InChI=1S/C16H12O4/c17-14(10-11-6-2-1-3-7-11)15(18)12-8-4-5-9-13(12)16(19)20/h1-9H,10H2,(H,19,20). The predicted octanol–water partition coefficient (Wildman–Crippen LogP) is 2.38. The van der Waals surface area contributed by atoms with Gasteiger partial charge in [-0.05, 0) is 11.6 Å². The molecule has 0 spiro atoms. The van der Waals surface area contributed by atoms with Crippen molar-refractivity contribution in [3.63, 3.8) is 0 Å². The van der Waals surface area contributed by atoms with Gasteiger partial charge in [0.15, 0.2) is 0 Å². The first-order chi connectivity index (χ1) is 9.59. The van der Waals surface area contributed by atoms with Gasteiger partial charge >= 0.3 is 5.97 Å². The van der Waals surface area contributed by atoms with E-state index in [0.29, 0.717) is 0 Å². The van der Waals surface area contributed by atoms with E-state index in [0.717, 1.165) is 5.56 Å². The lowest BCUT2D eigenvalue weighted by atomic mass is 9.97. The van der Waals surface area contributed by atoms with E-state index in [9.17, 15) is 14.4 Å². The molecule has 0 heterocycles. The molecule has 2 aromatic rings. The van der Waals surface area contributed by atoms with Crippen molar-refractivity contribution in [1.82, 2.24) is 0 Å². The number of hydrogen-bond acceptors (Lipinski definition) is 3. The molecule has 0 saturated heterocycles. The van der Waals surface area contributed by atoms with Crippen LogP contribution in [0, 0.1) is 0 Å². The Bertz CT molecular complexity index is 659. The van der Waals surface area contributed by atoms with Crippen molar-refractivity contribution in [1.29, 1.82) is 0 Å². The molecule has 100 valence electrons. The number of rotatable bonds is 5. The van der Waals surface area contributed by atoms with Crippen LogP contribution in [0.1, 0.15) is 26.3 Å². The summed E-state index contributed by atoms with van der Waals surface area (Å²) in [5.74, 6) is -2.61. The molecule has 0 atom stereocenters. The second-order valence-electron chi connectivity index (χ2n) is 4.27. The van der Waals surface area contributed by atoms with Gasteiger partial charge in [0.05, 0.1) is 5.56 Å². The van der Waals surface area contributed by atoms with E-state index >= 15 is 0 Å². The topological polar surface area (TPSA) is 71.4 Å². The van der Waals surface area contributed by atoms with Crippen molar-refractivity contribution >= 4 is 17.5 Å². The van der Waals surface area contributed by atoms with Gasteiger partial charge < -0.3 is 5.11 Å². The van der Waals surface area contributed by atoms with Crippen LogP contribution < -0.4 is 0 Å². The smallest absolute Gasteiger partial charge is 0.336 e. The second kappa shape index (κ2) is 5.93. The SMILES string of the molecule is O=C(Cc1ccccc1)C(=O)c1ccccc1C(=O)O. The quantitative estimate of drug-likeness (QED) is 0.667. The molecule has 0 aromatic heterocycles. The average molecular weight is 268 g/mol. The minimum Gasteiger partial charge on any atom is -0.478 e. The number of benzene rings is 2. The number of ketones is 2. The third-order valence-electron chi connectivity index (χ3n) is 2.86. The van der Waals surface area contributed by atoms with Gasteiger partial charge in [-0.15, -0.1) is 0 Å². The zero-order valence-electron chi connectivity index (χ0n) is 10.6. The molecule has 2 rings (SSSR count). The summed E-state index contributed by atoms with van der Waals surface area (Å²) < 4.78 is 0. The van der Waals surface area contributed by atoms with Crippen LogP contribution in [-0.4, -0.2) is 22.6 Å². The van der Waals surface area contributed by atoms with E-state index in [-0.39, 0.29) is 17.5 Å². The van der Waals surface area contributed by atoms with Gasteiger partial charge in [-0.3, -0.25) is 9.59 Å². The molecule has 20 heavy (non-hydrogen) atoms. The number of carboxylic acids is 1. The lowest BCUT2D eigenvalue weighted by Gasteiger charge is -2.04. The van der Waals surface area contributed by atoms with Gasteiger partial charge in [0.2, 0.25) is 11.6 Å². The van der Waals surface area contributed by atoms with Crippen LogP contribution >= 0.6 is 0 Å². The summed E-state index contributed by atoms with van der Waals surface area (Å²) in [6.07, 6.45) is -0.0341. The first-order valence-electron chi connectivity index (χ1n) is 6.03. The highest BCUT2D eigenvalue weighted by Crippen LogP contribution is 2.12. The molecular weight excluding hydrogens is 256 g/mol. The number of hydrogen-bond donors (Lipinski definition) is 1. The van der Waals surface area contributed by atoms with Gasteiger partial charge in [0.25, 0.3) is 0 Å². The van der Waals surface area contributed by atoms with E-state index in [1.807, 2.05) is 6.07 Å². The fourth-order valence-corrected chi connectivity index (χ4v) is 1.88. The Labute approximate surface area is 115 Å². The Morgan fingerprint density at radius 3 is 1.95 bits per heavy atom. The molecule has 0 radical (unpaired) electrons. The molecular formula is C16H12O4. The molecule has 0 fully saturated rings. The number of carboxylic acid groups (broad SMARTS) is 1. The highest BCUT2D eigenvalue weighted by atomic mass is 16.4. The zero-order chi connectivity index (χ0) is 14.5. The van der Waals surface area contributed by atoms with Crippen LogP contribution in [0.5, 0.6) is 0 Å². The molecule has 0 amide bonds. The molecule has 0 bridgehead atoms. The van der Waals surface area contributed by atoms with Gasteiger partial charge in [-0.1, -0.05) is 48.5 Å². The third kappa shape index (κ3) is 2.98. The van der Waals surface area contributed by atoms with Crippen LogP contribution in [-0.2, 0) is 11.2 Å². The lowest BCUT2D eigenvalue weighted by Crippen LogP contribution is -2.19. The van der Waals surface area contributed by atoms with Crippen LogP contribution in [0.2, 0.25) is 0 Å². The number of aromatic carboxylic acids is 1. The Balaban J connectivity index is 2.24. The van der Waals surface area contributed by atoms with Crippen LogP contribution in [0.25, 0.3) is 0 Å². The molecule has 0 saturated carbocycles. The van der Waals surface area contributed by atoms with E-state index in [4.69, 9.17) is 5.11 Å². The fraction of sp³-hybridized carbons (Fsp3) is 0.0625. The average Bonchev–Trinajstić information content (AvgIpc) is 2.47. The Morgan fingerprint density at radius 2 is 1.35 bits per heavy atom. The van der Waals surface area contributed by atoms with Crippen molar-refractivity contribution in [2.45, 2.75) is 6.42 Å². The molecule has 0 unspecified atom stereocenters. The van der Waals surface area contributed by atoms with Gasteiger partial charge in [-0.25, -0.2) is 4.79 Å². The van der Waals surface area contributed by atoms with Crippen LogP contribution in [0.3, 0.4) is 0 Å². The Hall–Kier alpha value is -2.75. The number of Topliss-reactive ketones (excluding diaryl/α,β-unsaturated/α-hetero) is 2. The van der Waals surface area contributed by atoms with Crippen LogP contribution in [0.15, 0.2) is 54.6 Å². The summed E-state index contributed by atoms with van der Waals surface area (Å²) in [4.78, 5) is 35.1. The maximum atomic E-state index is 12.1. The first-order valence-corrected chi connectivity index (χ1v) is 6.03. The highest BCUT2D eigenvalue weighted by molar-refractivity contribution is 6.45. The largest absolute Gasteiger partial charge is 0.478 e. The molecule has 4 nitrogen and oxygen atoms in total. The minimum atomic E-state index is -1.22. The molecule has 0 aliphatic rings. The minimum absolute atomic E-state index is 0.0341. The van der Waals surface area contributed by atoms with Crippen molar-refractivity contribution in [2.75, 3.05) is 0 Å². The monoisotopic (exact) mass is 268 g/mol. The Kier molecular flexibility index (Phi) is 4.05. The Morgan fingerprint density at radius 1 is 0.800 bits per heavy atom. The van der Waals surface area contributed by atoms with Gasteiger partial charge in [0.1, 0.15) is 0 Å².